The number of hydrogen-bond acceptors (Lipinski definition) is 1. The molecule has 0 aliphatic heterocycles. The maximum absolute atomic E-state index is 2.40. The van der Waals surface area contributed by atoms with Crippen LogP contribution >= 0.6 is 11.8 Å². The predicted molar refractivity (Wildman–Crippen MR) is 122 cm³/mol. The van der Waals surface area contributed by atoms with E-state index in [1.165, 1.54) is 32.7 Å². The lowest BCUT2D eigenvalue weighted by atomic mass is 9.83. The first-order chi connectivity index (χ1) is 12.6. The summed E-state index contributed by atoms with van der Waals surface area (Å²) in [6.07, 6.45) is 0. The molecule has 0 aliphatic rings. The van der Waals surface area contributed by atoms with Crippen LogP contribution in [0.15, 0.2) is 77.7 Å². The van der Waals surface area contributed by atoms with Gasteiger partial charge < -0.3 is 0 Å². The summed E-state index contributed by atoms with van der Waals surface area (Å²) in [4.78, 5) is 1.37. The van der Waals surface area contributed by atoms with Gasteiger partial charge in [0.15, 0.2) is 0 Å². The Labute approximate surface area is 169 Å². The van der Waals surface area contributed by atoms with Crippen molar-refractivity contribution in [3.05, 3.63) is 78.4 Å². The normalized spacial score (nSPS) is 12.2. The highest BCUT2D eigenvalue weighted by molar-refractivity contribution is 8.00. The lowest BCUT2D eigenvalue weighted by molar-refractivity contribution is 0.590. The average molecular weight is 375 g/mol. The number of hydrogen-bond donors (Lipinski definition) is 0. The molecule has 0 saturated heterocycles. The van der Waals surface area contributed by atoms with Crippen LogP contribution in [0.2, 0.25) is 0 Å². The van der Waals surface area contributed by atoms with Crippen LogP contribution in [0.4, 0.5) is 0 Å². The van der Waals surface area contributed by atoms with E-state index in [-0.39, 0.29) is 10.2 Å². The van der Waals surface area contributed by atoms with Gasteiger partial charge in [0.05, 0.1) is 0 Å². The summed E-state index contributed by atoms with van der Waals surface area (Å²) in [5.74, 6) is 0. The summed E-state index contributed by atoms with van der Waals surface area (Å²) in [5, 5.41) is 0. The molecule has 0 nitrogen and oxygen atoms in total. The molecule has 3 rings (SSSR count). The molecule has 0 spiro atoms. The van der Waals surface area contributed by atoms with Gasteiger partial charge in [-0.1, -0.05) is 102 Å². The molecule has 3 aromatic carbocycles. The van der Waals surface area contributed by atoms with Crippen molar-refractivity contribution in [1.29, 1.82) is 0 Å². The first kappa shape index (κ1) is 19.8. The van der Waals surface area contributed by atoms with E-state index in [4.69, 9.17) is 0 Å². The second-order valence-electron chi connectivity index (χ2n) is 9.10. The van der Waals surface area contributed by atoms with Crippen LogP contribution in [0.3, 0.4) is 0 Å². The zero-order chi connectivity index (χ0) is 19.7. The molecule has 27 heavy (non-hydrogen) atoms. The Balaban J connectivity index is 2.36. The van der Waals surface area contributed by atoms with Gasteiger partial charge in [0.2, 0.25) is 0 Å². The molecular formula is C26H30S. The molecule has 0 heterocycles. The van der Waals surface area contributed by atoms with Gasteiger partial charge in [-0.2, -0.15) is 0 Å². The Hall–Kier alpha value is -1.99. The fraction of sp³-hybridized carbons (Fsp3) is 0.308. The van der Waals surface area contributed by atoms with E-state index >= 15 is 0 Å². The topological polar surface area (TPSA) is 0 Å². The zero-order valence-corrected chi connectivity index (χ0v) is 18.2. The zero-order valence-electron chi connectivity index (χ0n) is 17.3. The van der Waals surface area contributed by atoms with Gasteiger partial charge in [0.25, 0.3) is 0 Å². The van der Waals surface area contributed by atoms with E-state index in [9.17, 15) is 0 Å². The molecule has 0 aromatic heterocycles. The summed E-state index contributed by atoms with van der Waals surface area (Å²) < 4.78 is 0.135. The largest absolute Gasteiger partial charge is 0.119 e. The molecular weight excluding hydrogens is 344 g/mol. The molecule has 0 bridgehead atoms. The van der Waals surface area contributed by atoms with Crippen LogP contribution in [0.5, 0.6) is 0 Å². The minimum Gasteiger partial charge on any atom is -0.119 e. The first-order valence-electron chi connectivity index (χ1n) is 9.63. The van der Waals surface area contributed by atoms with Gasteiger partial charge in [-0.25, -0.2) is 0 Å². The predicted octanol–water partition coefficient (Wildman–Crippen LogP) is 8.21. The Kier molecular flexibility index (Phi) is 5.53. The van der Waals surface area contributed by atoms with Crippen LogP contribution in [0.1, 0.15) is 47.1 Å². The summed E-state index contributed by atoms with van der Waals surface area (Å²) in [7, 11) is 0. The lowest BCUT2D eigenvalue weighted by Gasteiger charge is -2.27. The smallest absolute Gasteiger partial charge is 0.0234 e. The van der Waals surface area contributed by atoms with Gasteiger partial charge in [0, 0.05) is 9.64 Å². The molecule has 0 amide bonds. The van der Waals surface area contributed by atoms with Gasteiger partial charge in [-0.15, -0.1) is 11.8 Å². The minimum atomic E-state index is 0.0952. The average Bonchev–Trinajstić information content (AvgIpc) is 2.61. The highest BCUT2D eigenvalue weighted by Crippen LogP contribution is 2.46. The fourth-order valence-electron chi connectivity index (χ4n) is 3.14. The first-order valence-corrected chi connectivity index (χ1v) is 10.5. The van der Waals surface area contributed by atoms with Crippen LogP contribution in [-0.2, 0) is 5.41 Å². The van der Waals surface area contributed by atoms with Crippen LogP contribution in [0, 0.1) is 0 Å². The van der Waals surface area contributed by atoms with Crippen molar-refractivity contribution in [3.63, 3.8) is 0 Å². The standard InChI is InChI=1S/C26H30S/c1-25(2,3)21-17-22(19-13-9-7-10-14-19)24(27-26(4,5)6)23(18-21)20-15-11-8-12-16-20/h7-18H,1-6H3. The molecule has 3 aromatic rings. The second kappa shape index (κ2) is 7.56. The van der Waals surface area contributed by atoms with Gasteiger partial charge >= 0.3 is 0 Å². The number of benzene rings is 3. The fourth-order valence-corrected chi connectivity index (χ4v) is 4.33. The number of thioether (sulfide) groups is 1. The summed E-state index contributed by atoms with van der Waals surface area (Å²) in [6, 6.07) is 26.4. The van der Waals surface area contributed by atoms with Crippen molar-refractivity contribution < 1.29 is 0 Å². The van der Waals surface area contributed by atoms with Crippen LogP contribution in [-0.4, -0.2) is 4.75 Å². The molecule has 140 valence electrons. The summed E-state index contributed by atoms with van der Waals surface area (Å²) in [6.45, 7) is 13.8. The molecule has 0 radical (unpaired) electrons. The van der Waals surface area contributed by atoms with E-state index in [1.54, 1.807) is 0 Å². The Morgan fingerprint density at radius 1 is 0.593 bits per heavy atom. The van der Waals surface area contributed by atoms with Crippen molar-refractivity contribution in [2.24, 2.45) is 0 Å². The van der Waals surface area contributed by atoms with Gasteiger partial charge in [-0.3, -0.25) is 0 Å². The van der Waals surface area contributed by atoms with E-state index in [1.807, 2.05) is 11.8 Å². The quantitative estimate of drug-likeness (QED) is 0.416. The van der Waals surface area contributed by atoms with Crippen molar-refractivity contribution in [1.82, 2.24) is 0 Å². The third-order valence-corrected chi connectivity index (χ3v) is 5.79. The maximum atomic E-state index is 2.40. The Morgan fingerprint density at radius 3 is 1.33 bits per heavy atom. The summed E-state index contributed by atoms with van der Waals surface area (Å²) in [5.41, 5.74) is 6.71. The van der Waals surface area contributed by atoms with E-state index in [0.717, 1.165) is 0 Å². The molecule has 0 aliphatic carbocycles. The highest BCUT2D eigenvalue weighted by Gasteiger charge is 2.23. The van der Waals surface area contributed by atoms with Crippen LogP contribution in [0.25, 0.3) is 22.3 Å². The highest BCUT2D eigenvalue weighted by atomic mass is 32.2. The van der Waals surface area contributed by atoms with Gasteiger partial charge in [0.1, 0.15) is 0 Å². The summed E-state index contributed by atoms with van der Waals surface area (Å²) >= 11 is 1.96. The van der Waals surface area contributed by atoms with Gasteiger partial charge in [-0.05, 0) is 45.4 Å². The van der Waals surface area contributed by atoms with E-state index < -0.39 is 0 Å². The van der Waals surface area contributed by atoms with Crippen molar-refractivity contribution >= 4 is 11.8 Å². The molecule has 0 atom stereocenters. The minimum absolute atomic E-state index is 0.0952. The molecule has 0 N–H and O–H groups in total. The van der Waals surface area contributed by atoms with Crippen molar-refractivity contribution in [2.75, 3.05) is 0 Å². The second-order valence-corrected chi connectivity index (χ2v) is 10.9. The molecule has 0 fully saturated rings. The molecule has 0 unspecified atom stereocenters. The maximum Gasteiger partial charge on any atom is 0.0234 e. The van der Waals surface area contributed by atoms with Crippen molar-refractivity contribution in [2.45, 2.75) is 56.6 Å². The Bertz CT molecular complexity index is 834. The van der Waals surface area contributed by atoms with E-state index in [0.29, 0.717) is 0 Å². The van der Waals surface area contributed by atoms with Crippen molar-refractivity contribution in [3.8, 4) is 22.3 Å². The van der Waals surface area contributed by atoms with Crippen LogP contribution < -0.4 is 0 Å². The lowest BCUT2D eigenvalue weighted by Crippen LogP contribution is -2.13. The molecule has 0 saturated carbocycles. The monoisotopic (exact) mass is 374 g/mol. The third kappa shape index (κ3) is 4.84. The SMILES string of the molecule is CC(C)(C)Sc1c(-c2ccccc2)cc(C(C)(C)C)cc1-c1ccccc1. The number of rotatable bonds is 3. The third-order valence-electron chi connectivity index (χ3n) is 4.53. The molecule has 1 heteroatoms. The Morgan fingerprint density at radius 2 is 1.00 bits per heavy atom. The van der Waals surface area contributed by atoms with E-state index in [2.05, 4.69) is 114 Å².